The fraction of sp³-hybridized carbons (Fsp3) is 0.333. The lowest BCUT2D eigenvalue weighted by Gasteiger charge is -2.20. The minimum atomic E-state index is 0.329. The van der Waals surface area contributed by atoms with Crippen molar-refractivity contribution in [2.75, 3.05) is 0 Å². The second kappa shape index (κ2) is 2.85. The van der Waals surface area contributed by atoms with E-state index in [1.165, 1.54) is 16.5 Å². The maximum absolute atomic E-state index is 5.94. The van der Waals surface area contributed by atoms with Gasteiger partial charge in [0, 0.05) is 11.4 Å². The molecule has 0 spiro atoms. The number of benzene rings is 1. The van der Waals surface area contributed by atoms with E-state index >= 15 is 0 Å². The van der Waals surface area contributed by atoms with Crippen LogP contribution in [0.25, 0.3) is 11.0 Å². The maximum atomic E-state index is 5.94. The van der Waals surface area contributed by atoms with E-state index in [9.17, 15) is 0 Å². The third kappa shape index (κ3) is 1.15. The average Bonchev–Trinajstić information content (AvgIpc) is 2.61. The Morgan fingerprint density at radius 1 is 1.29 bits per heavy atom. The van der Waals surface area contributed by atoms with Gasteiger partial charge in [-0.2, -0.15) is 0 Å². The molecule has 1 atom stereocenters. The van der Waals surface area contributed by atoms with Crippen molar-refractivity contribution in [1.29, 1.82) is 0 Å². The van der Waals surface area contributed by atoms with Crippen LogP contribution in [0.1, 0.15) is 17.5 Å². The Balaban J connectivity index is 2.19. The van der Waals surface area contributed by atoms with Gasteiger partial charge in [0.15, 0.2) is 0 Å². The Morgan fingerprint density at radius 2 is 2.21 bits per heavy atom. The van der Waals surface area contributed by atoms with E-state index in [0.29, 0.717) is 6.04 Å². The highest BCUT2D eigenvalue weighted by atomic mass is 16.3. The van der Waals surface area contributed by atoms with E-state index in [2.05, 4.69) is 12.1 Å². The fourth-order valence-electron chi connectivity index (χ4n) is 2.25. The van der Waals surface area contributed by atoms with Crippen molar-refractivity contribution in [1.82, 2.24) is 0 Å². The van der Waals surface area contributed by atoms with Crippen LogP contribution in [0.15, 0.2) is 28.9 Å². The SMILES string of the molecule is NC1CCc2cc3ccoc3cc2C1. The topological polar surface area (TPSA) is 39.2 Å². The highest BCUT2D eigenvalue weighted by molar-refractivity contribution is 5.79. The van der Waals surface area contributed by atoms with Gasteiger partial charge >= 0.3 is 0 Å². The summed E-state index contributed by atoms with van der Waals surface area (Å²) in [5.41, 5.74) is 9.73. The average molecular weight is 187 g/mol. The lowest BCUT2D eigenvalue weighted by Crippen LogP contribution is -2.27. The largest absolute Gasteiger partial charge is 0.464 e. The van der Waals surface area contributed by atoms with Gasteiger partial charge in [-0.1, -0.05) is 0 Å². The molecule has 0 amide bonds. The molecule has 0 aliphatic heterocycles. The molecular weight excluding hydrogens is 174 g/mol. The zero-order chi connectivity index (χ0) is 9.54. The molecule has 14 heavy (non-hydrogen) atoms. The molecule has 0 saturated carbocycles. The van der Waals surface area contributed by atoms with E-state index in [4.69, 9.17) is 10.2 Å². The first-order valence-corrected chi connectivity index (χ1v) is 5.07. The molecule has 1 unspecified atom stereocenters. The van der Waals surface area contributed by atoms with Crippen LogP contribution in [-0.4, -0.2) is 6.04 Å². The first-order chi connectivity index (χ1) is 6.83. The van der Waals surface area contributed by atoms with Crippen molar-refractivity contribution in [3.8, 4) is 0 Å². The molecule has 0 radical (unpaired) electrons. The van der Waals surface area contributed by atoms with Crippen LogP contribution in [0.3, 0.4) is 0 Å². The summed E-state index contributed by atoms with van der Waals surface area (Å²) >= 11 is 0. The van der Waals surface area contributed by atoms with Gasteiger partial charge in [-0.25, -0.2) is 0 Å². The lowest BCUT2D eigenvalue weighted by atomic mass is 9.88. The number of rotatable bonds is 0. The Hall–Kier alpha value is -1.28. The molecule has 1 heterocycles. The van der Waals surface area contributed by atoms with Crippen LogP contribution < -0.4 is 5.73 Å². The molecule has 1 aliphatic rings. The van der Waals surface area contributed by atoms with Crippen LogP contribution in [0, 0.1) is 0 Å². The predicted molar refractivity (Wildman–Crippen MR) is 56.2 cm³/mol. The molecule has 1 aromatic carbocycles. The van der Waals surface area contributed by atoms with Crippen LogP contribution >= 0.6 is 0 Å². The highest BCUT2D eigenvalue weighted by Crippen LogP contribution is 2.26. The standard InChI is InChI=1S/C12H13NO/c13-11-2-1-8-5-9-3-4-14-12(9)7-10(8)6-11/h3-5,7,11H,1-2,6,13H2. The molecule has 2 nitrogen and oxygen atoms in total. The van der Waals surface area contributed by atoms with Gasteiger partial charge in [-0.3, -0.25) is 0 Å². The van der Waals surface area contributed by atoms with Crippen molar-refractivity contribution < 1.29 is 4.42 Å². The summed E-state index contributed by atoms with van der Waals surface area (Å²) in [6, 6.07) is 6.73. The number of nitrogens with two attached hydrogens (primary N) is 1. The highest BCUT2D eigenvalue weighted by Gasteiger charge is 2.16. The zero-order valence-electron chi connectivity index (χ0n) is 7.99. The van der Waals surface area contributed by atoms with E-state index in [1.54, 1.807) is 6.26 Å². The molecule has 3 rings (SSSR count). The van der Waals surface area contributed by atoms with Crippen molar-refractivity contribution in [2.45, 2.75) is 25.3 Å². The minimum Gasteiger partial charge on any atom is -0.464 e. The van der Waals surface area contributed by atoms with Crippen molar-refractivity contribution in [3.05, 3.63) is 35.6 Å². The molecule has 72 valence electrons. The first kappa shape index (κ1) is 8.06. The number of hydrogen-bond donors (Lipinski definition) is 1. The Morgan fingerprint density at radius 3 is 3.14 bits per heavy atom. The summed E-state index contributed by atoms with van der Waals surface area (Å²) in [6.45, 7) is 0. The normalized spacial score (nSPS) is 21.1. The van der Waals surface area contributed by atoms with Crippen molar-refractivity contribution >= 4 is 11.0 Å². The summed E-state index contributed by atoms with van der Waals surface area (Å²) in [5.74, 6) is 0. The monoisotopic (exact) mass is 187 g/mol. The van der Waals surface area contributed by atoms with E-state index in [-0.39, 0.29) is 0 Å². The molecule has 0 saturated heterocycles. The van der Waals surface area contributed by atoms with Gasteiger partial charge in [0.25, 0.3) is 0 Å². The Kier molecular flexibility index (Phi) is 1.64. The lowest BCUT2D eigenvalue weighted by molar-refractivity contribution is 0.574. The second-order valence-corrected chi connectivity index (χ2v) is 4.08. The molecule has 1 aliphatic carbocycles. The molecular formula is C12H13NO. The number of aryl methyl sites for hydroxylation is 1. The van der Waals surface area contributed by atoms with Crippen LogP contribution in [-0.2, 0) is 12.8 Å². The molecule has 0 fully saturated rings. The minimum absolute atomic E-state index is 0.329. The van der Waals surface area contributed by atoms with E-state index < -0.39 is 0 Å². The third-order valence-electron chi connectivity index (χ3n) is 3.04. The van der Waals surface area contributed by atoms with Gasteiger partial charge < -0.3 is 10.2 Å². The zero-order valence-corrected chi connectivity index (χ0v) is 7.99. The van der Waals surface area contributed by atoms with Gasteiger partial charge in [-0.15, -0.1) is 0 Å². The van der Waals surface area contributed by atoms with Crippen LogP contribution in [0.5, 0.6) is 0 Å². The van der Waals surface area contributed by atoms with Crippen molar-refractivity contribution in [2.24, 2.45) is 5.73 Å². The number of fused-ring (bicyclic) bond motifs is 2. The van der Waals surface area contributed by atoms with Crippen LogP contribution in [0.4, 0.5) is 0 Å². The smallest absolute Gasteiger partial charge is 0.134 e. The Bertz CT molecular complexity index is 472. The maximum Gasteiger partial charge on any atom is 0.134 e. The van der Waals surface area contributed by atoms with Crippen LogP contribution in [0.2, 0.25) is 0 Å². The summed E-state index contributed by atoms with van der Waals surface area (Å²) < 4.78 is 5.38. The molecule has 2 aromatic rings. The molecule has 1 aromatic heterocycles. The Labute approximate surface area is 82.7 Å². The van der Waals surface area contributed by atoms with Crippen molar-refractivity contribution in [3.63, 3.8) is 0 Å². The third-order valence-corrected chi connectivity index (χ3v) is 3.04. The summed E-state index contributed by atoms with van der Waals surface area (Å²) in [5, 5.41) is 1.21. The molecule has 0 bridgehead atoms. The summed E-state index contributed by atoms with van der Waals surface area (Å²) in [4.78, 5) is 0. The van der Waals surface area contributed by atoms with E-state index in [1.807, 2.05) is 6.07 Å². The molecule has 2 N–H and O–H groups in total. The molecule has 2 heteroatoms. The van der Waals surface area contributed by atoms with Gasteiger partial charge in [0.2, 0.25) is 0 Å². The summed E-state index contributed by atoms with van der Waals surface area (Å²) in [6.07, 6.45) is 4.95. The van der Waals surface area contributed by atoms with Gasteiger partial charge in [-0.05, 0) is 48.6 Å². The van der Waals surface area contributed by atoms with Gasteiger partial charge in [0.1, 0.15) is 5.58 Å². The first-order valence-electron chi connectivity index (χ1n) is 5.07. The fourth-order valence-corrected chi connectivity index (χ4v) is 2.25. The number of furan rings is 1. The summed E-state index contributed by atoms with van der Waals surface area (Å²) in [7, 11) is 0. The van der Waals surface area contributed by atoms with Gasteiger partial charge in [0.05, 0.1) is 6.26 Å². The predicted octanol–water partition coefficient (Wildman–Crippen LogP) is 2.25. The second-order valence-electron chi connectivity index (χ2n) is 4.08. The number of hydrogen-bond acceptors (Lipinski definition) is 2. The van der Waals surface area contributed by atoms with E-state index in [0.717, 1.165) is 24.8 Å². The quantitative estimate of drug-likeness (QED) is 0.687.